The summed E-state index contributed by atoms with van der Waals surface area (Å²) in [6, 6.07) is 5.27. The van der Waals surface area contributed by atoms with Gasteiger partial charge in [0, 0.05) is 22.9 Å². The molecule has 0 radical (unpaired) electrons. The molecule has 1 rings (SSSR count). The van der Waals surface area contributed by atoms with Crippen molar-refractivity contribution < 1.29 is 19.4 Å². The first kappa shape index (κ1) is 15.7. The van der Waals surface area contributed by atoms with Crippen LogP contribution in [0.25, 0.3) is 0 Å². The van der Waals surface area contributed by atoms with Gasteiger partial charge in [0.15, 0.2) is 5.78 Å². The molecule has 0 amide bonds. The number of carboxylic acid groups (broad SMARTS) is 1. The topological polar surface area (TPSA) is 63.6 Å². The van der Waals surface area contributed by atoms with E-state index in [4.69, 9.17) is 9.84 Å². The average molecular weight is 329 g/mol. The fourth-order valence-electron chi connectivity index (χ4n) is 1.67. The second kappa shape index (κ2) is 7.94. The van der Waals surface area contributed by atoms with Gasteiger partial charge in [-0.2, -0.15) is 0 Å². The highest BCUT2D eigenvalue weighted by atomic mass is 79.9. The molecule has 1 aromatic carbocycles. The van der Waals surface area contributed by atoms with Crippen molar-refractivity contribution in [2.75, 3.05) is 6.61 Å². The van der Waals surface area contributed by atoms with Gasteiger partial charge in [-0.05, 0) is 53.9 Å². The summed E-state index contributed by atoms with van der Waals surface area (Å²) in [7, 11) is 0. The Labute approximate surface area is 120 Å². The van der Waals surface area contributed by atoms with Crippen molar-refractivity contribution in [2.45, 2.75) is 32.6 Å². The summed E-state index contributed by atoms with van der Waals surface area (Å²) >= 11 is 3.35. The number of benzene rings is 1. The van der Waals surface area contributed by atoms with Gasteiger partial charge in [-0.3, -0.25) is 9.59 Å². The minimum absolute atomic E-state index is 0.0142. The molecule has 0 atom stereocenters. The molecule has 0 bridgehead atoms. The first-order valence-corrected chi connectivity index (χ1v) is 7.01. The third-order valence-electron chi connectivity index (χ3n) is 2.60. The largest absolute Gasteiger partial charge is 0.494 e. The van der Waals surface area contributed by atoms with E-state index in [1.807, 2.05) is 6.92 Å². The van der Waals surface area contributed by atoms with Gasteiger partial charge >= 0.3 is 5.97 Å². The molecule has 1 N–H and O–H groups in total. The maximum absolute atomic E-state index is 12.0. The van der Waals surface area contributed by atoms with Gasteiger partial charge in [-0.1, -0.05) is 0 Å². The second-order valence-corrected chi connectivity index (χ2v) is 4.95. The Balaban J connectivity index is 2.54. The fraction of sp³-hybridized carbons (Fsp3) is 0.429. The number of carbonyl (C=O) groups is 2. The highest BCUT2D eigenvalue weighted by Crippen LogP contribution is 2.24. The molecule has 0 aliphatic carbocycles. The van der Waals surface area contributed by atoms with Crippen molar-refractivity contribution in [2.24, 2.45) is 0 Å². The van der Waals surface area contributed by atoms with Crippen LogP contribution >= 0.6 is 15.9 Å². The van der Waals surface area contributed by atoms with Crippen molar-refractivity contribution in [1.29, 1.82) is 0 Å². The second-order valence-electron chi connectivity index (χ2n) is 4.10. The van der Waals surface area contributed by atoms with E-state index in [2.05, 4.69) is 15.9 Å². The summed E-state index contributed by atoms with van der Waals surface area (Å²) in [6.45, 7) is 2.48. The van der Waals surface area contributed by atoms with Gasteiger partial charge in [-0.15, -0.1) is 0 Å². The summed E-state index contributed by atoms with van der Waals surface area (Å²) in [4.78, 5) is 22.3. The quantitative estimate of drug-likeness (QED) is 0.584. The maximum atomic E-state index is 12.0. The Morgan fingerprint density at radius 3 is 2.53 bits per heavy atom. The lowest BCUT2D eigenvalue weighted by molar-refractivity contribution is -0.137. The number of ketones is 1. The summed E-state index contributed by atoms with van der Waals surface area (Å²) in [5.41, 5.74) is 0.610. The number of hydrogen-bond donors (Lipinski definition) is 1. The molecule has 5 heteroatoms. The summed E-state index contributed by atoms with van der Waals surface area (Å²) < 4.78 is 6.05. The van der Waals surface area contributed by atoms with Crippen LogP contribution in [-0.4, -0.2) is 23.5 Å². The van der Waals surface area contributed by atoms with E-state index < -0.39 is 5.97 Å². The Hall–Kier alpha value is -1.36. The van der Waals surface area contributed by atoms with Crippen molar-refractivity contribution in [3.63, 3.8) is 0 Å². The fourth-order valence-corrected chi connectivity index (χ4v) is 2.25. The number of ether oxygens (including phenoxy) is 1. The Kier molecular flexibility index (Phi) is 6.56. The predicted molar refractivity (Wildman–Crippen MR) is 75.7 cm³/mol. The highest BCUT2D eigenvalue weighted by molar-refractivity contribution is 9.10. The number of carbonyl (C=O) groups excluding carboxylic acids is 1. The van der Waals surface area contributed by atoms with Crippen molar-refractivity contribution >= 4 is 27.7 Å². The lowest BCUT2D eigenvalue weighted by Crippen LogP contribution is -2.02. The van der Waals surface area contributed by atoms with E-state index in [1.165, 1.54) is 0 Å². The van der Waals surface area contributed by atoms with Crippen LogP contribution < -0.4 is 4.74 Å². The van der Waals surface area contributed by atoms with Crippen LogP contribution in [-0.2, 0) is 4.79 Å². The van der Waals surface area contributed by atoms with Crippen molar-refractivity contribution in [3.8, 4) is 5.75 Å². The predicted octanol–water partition coefficient (Wildman–Crippen LogP) is 3.68. The number of carboxylic acids is 1. The van der Waals surface area contributed by atoms with Crippen LogP contribution in [0.4, 0.5) is 0 Å². The van der Waals surface area contributed by atoms with E-state index in [9.17, 15) is 9.59 Å². The molecule has 0 aliphatic rings. The molecule has 0 unspecified atom stereocenters. The molecule has 1 aromatic rings. The van der Waals surface area contributed by atoms with E-state index in [0.29, 0.717) is 35.9 Å². The zero-order valence-corrected chi connectivity index (χ0v) is 12.4. The molecule has 0 fully saturated rings. The number of aliphatic carboxylic acids is 1. The standard InChI is InChI=1S/C14H17BrO4/c1-2-19-10-7-8-11(12(15)9-10)13(16)5-3-4-6-14(17)18/h7-9H,2-6H2,1H3,(H,17,18). The molecule has 0 spiro atoms. The minimum Gasteiger partial charge on any atom is -0.494 e. The number of unbranched alkanes of at least 4 members (excludes halogenated alkanes) is 1. The van der Waals surface area contributed by atoms with Gasteiger partial charge in [-0.25, -0.2) is 0 Å². The molecule has 4 nitrogen and oxygen atoms in total. The lowest BCUT2D eigenvalue weighted by atomic mass is 10.0. The van der Waals surface area contributed by atoms with Gasteiger partial charge < -0.3 is 9.84 Å². The van der Waals surface area contributed by atoms with Crippen molar-refractivity contribution in [3.05, 3.63) is 28.2 Å². The third-order valence-corrected chi connectivity index (χ3v) is 3.25. The van der Waals surface area contributed by atoms with Crippen LogP contribution in [0.2, 0.25) is 0 Å². The van der Waals surface area contributed by atoms with Crippen LogP contribution in [0, 0.1) is 0 Å². The van der Waals surface area contributed by atoms with Gasteiger partial charge in [0.25, 0.3) is 0 Å². The Morgan fingerprint density at radius 2 is 1.95 bits per heavy atom. The zero-order valence-electron chi connectivity index (χ0n) is 10.8. The lowest BCUT2D eigenvalue weighted by Gasteiger charge is -2.07. The monoisotopic (exact) mass is 328 g/mol. The van der Waals surface area contributed by atoms with Gasteiger partial charge in [0.1, 0.15) is 5.75 Å². The molecule has 0 saturated heterocycles. The van der Waals surface area contributed by atoms with Gasteiger partial charge in [0.2, 0.25) is 0 Å². The smallest absolute Gasteiger partial charge is 0.303 e. The number of Topliss-reactive ketones (excluding diaryl/α,β-unsaturated/α-hetero) is 1. The summed E-state index contributed by atoms with van der Waals surface area (Å²) in [5, 5.41) is 8.51. The molecule has 0 aliphatic heterocycles. The average Bonchev–Trinajstić information content (AvgIpc) is 2.34. The summed E-state index contributed by atoms with van der Waals surface area (Å²) in [6.07, 6.45) is 1.58. The van der Waals surface area contributed by atoms with Crippen molar-refractivity contribution in [1.82, 2.24) is 0 Å². The minimum atomic E-state index is -0.824. The van der Waals surface area contributed by atoms with Crippen LogP contribution in [0.1, 0.15) is 43.0 Å². The Morgan fingerprint density at radius 1 is 1.26 bits per heavy atom. The maximum Gasteiger partial charge on any atom is 0.303 e. The normalized spacial score (nSPS) is 10.2. The number of halogens is 1. The molecule has 0 heterocycles. The van der Waals surface area contributed by atoms with E-state index in [0.717, 1.165) is 5.75 Å². The van der Waals surface area contributed by atoms with Crippen LogP contribution in [0.3, 0.4) is 0 Å². The highest BCUT2D eigenvalue weighted by Gasteiger charge is 2.11. The molecule has 0 saturated carbocycles. The first-order chi connectivity index (χ1) is 9.04. The summed E-state index contributed by atoms with van der Waals surface area (Å²) in [5.74, 6) is -0.0909. The Bertz CT molecular complexity index is 457. The first-order valence-electron chi connectivity index (χ1n) is 6.22. The molecule has 19 heavy (non-hydrogen) atoms. The van der Waals surface area contributed by atoms with Gasteiger partial charge in [0.05, 0.1) is 6.61 Å². The zero-order chi connectivity index (χ0) is 14.3. The number of hydrogen-bond acceptors (Lipinski definition) is 3. The van der Waals surface area contributed by atoms with E-state index >= 15 is 0 Å². The van der Waals surface area contributed by atoms with E-state index in [-0.39, 0.29) is 12.2 Å². The molecular weight excluding hydrogens is 312 g/mol. The molecule has 104 valence electrons. The third kappa shape index (κ3) is 5.42. The number of rotatable bonds is 8. The molecular formula is C14H17BrO4. The van der Waals surface area contributed by atoms with Crippen LogP contribution in [0.5, 0.6) is 5.75 Å². The molecule has 0 aromatic heterocycles. The van der Waals surface area contributed by atoms with E-state index in [1.54, 1.807) is 18.2 Å². The van der Waals surface area contributed by atoms with Crippen LogP contribution in [0.15, 0.2) is 22.7 Å². The SMILES string of the molecule is CCOc1ccc(C(=O)CCCCC(=O)O)c(Br)c1.